The third kappa shape index (κ3) is 5.16. The number of ether oxygens (including phenoxy) is 3. The van der Waals surface area contributed by atoms with Crippen molar-refractivity contribution in [1.82, 2.24) is 0 Å². The molecule has 0 radical (unpaired) electrons. The molecule has 25 heavy (non-hydrogen) atoms. The Labute approximate surface area is 152 Å². The topological polar surface area (TPSA) is 56.8 Å². The predicted octanol–water partition coefficient (Wildman–Crippen LogP) is 4.10. The lowest BCUT2D eigenvalue weighted by molar-refractivity contribution is -0.118. The molecule has 0 aliphatic heterocycles. The minimum atomic E-state index is -0.335. The highest BCUT2D eigenvalue weighted by molar-refractivity contribution is 6.31. The zero-order chi connectivity index (χ0) is 18.2. The molecule has 0 bridgehead atoms. The molecule has 0 aromatic heterocycles. The first-order valence-electron chi connectivity index (χ1n) is 7.61. The minimum absolute atomic E-state index is 0.174. The maximum atomic E-state index is 12.1. The third-order valence-corrected chi connectivity index (χ3v) is 3.64. The lowest BCUT2D eigenvalue weighted by Gasteiger charge is -2.13. The van der Waals surface area contributed by atoms with Gasteiger partial charge in [-0.15, -0.1) is 6.58 Å². The van der Waals surface area contributed by atoms with Gasteiger partial charge in [-0.3, -0.25) is 4.79 Å². The van der Waals surface area contributed by atoms with Gasteiger partial charge in [-0.2, -0.15) is 0 Å². The fourth-order valence-electron chi connectivity index (χ4n) is 2.23. The highest BCUT2D eigenvalue weighted by Crippen LogP contribution is 2.29. The molecule has 132 valence electrons. The van der Waals surface area contributed by atoms with E-state index in [9.17, 15) is 4.79 Å². The average molecular weight is 362 g/mol. The first-order chi connectivity index (χ1) is 12.1. The molecule has 5 nitrogen and oxygen atoms in total. The average Bonchev–Trinajstić information content (AvgIpc) is 2.61. The van der Waals surface area contributed by atoms with Crippen LogP contribution in [0.2, 0.25) is 5.02 Å². The van der Waals surface area contributed by atoms with Crippen molar-refractivity contribution in [1.29, 1.82) is 0 Å². The zero-order valence-corrected chi connectivity index (χ0v) is 14.9. The molecule has 6 heteroatoms. The van der Waals surface area contributed by atoms with E-state index >= 15 is 0 Å². The van der Waals surface area contributed by atoms with Gasteiger partial charge in [-0.25, -0.2) is 0 Å². The van der Waals surface area contributed by atoms with E-state index in [2.05, 4.69) is 11.9 Å². The summed E-state index contributed by atoms with van der Waals surface area (Å²) in [5, 5.41) is 3.21. The summed E-state index contributed by atoms with van der Waals surface area (Å²) in [6, 6.07) is 10.5. The number of carbonyl (C=O) groups is 1. The monoisotopic (exact) mass is 361 g/mol. The zero-order valence-electron chi connectivity index (χ0n) is 14.2. The van der Waals surface area contributed by atoms with E-state index in [1.165, 1.54) is 7.11 Å². The van der Waals surface area contributed by atoms with E-state index in [4.69, 9.17) is 25.8 Å². The van der Waals surface area contributed by atoms with Crippen LogP contribution in [0.5, 0.6) is 17.2 Å². The summed E-state index contributed by atoms with van der Waals surface area (Å²) in [5.41, 5.74) is 1.53. The van der Waals surface area contributed by atoms with Gasteiger partial charge in [-0.1, -0.05) is 23.7 Å². The first-order valence-corrected chi connectivity index (χ1v) is 7.99. The fourth-order valence-corrected chi connectivity index (χ4v) is 2.40. The maximum Gasteiger partial charge on any atom is 0.262 e. The molecule has 2 rings (SSSR count). The highest BCUT2D eigenvalue weighted by atomic mass is 35.5. The van der Waals surface area contributed by atoms with Crippen LogP contribution in [-0.4, -0.2) is 26.7 Å². The Hall–Kier alpha value is -2.66. The summed E-state index contributed by atoms with van der Waals surface area (Å²) in [6.07, 6.45) is 2.53. The van der Waals surface area contributed by atoms with Crippen LogP contribution in [0.1, 0.15) is 5.56 Å². The van der Waals surface area contributed by atoms with E-state index in [-0.39, 0.29) is 12.5 Å². The molecule has 0 saturated heterocycles. The van der Waals surface area contributed by atoms with Gasteiger partial charge in [0, 0.05) is 5.02 Å². The van der Waals surface area contributed by atoms with Crippen molar-refractivity contribution in [2.24, 2.45) is 0 Å². The Balaban J connectivity index is 2.03. The highest BCUT2D eigenvalue weighted by Gasteiger charge is 2.11. The largest absolute Gasteiger partial charge is 0.495 e. The number of methoxy groups -OCH3 is 2. The molecule has 0 aliphatic carbocycles. The predicted molar refractivity (Wildman–Crippen MR) is 99.0 cm³/mol. The Morgan fingerprint density at radius 2 is 1.84 bits per heavy atom. The van der Waals surface area contributed by atoms with Gasteiger partial charge in [0.05, 0.1) is 19.9 Å². The van der Waals surface area contributed by atoms with Gasteiger partial charge < -0.3 is 19.5 Å². The number of halogens is 1. The summed E-state index contributed by atoms with van der Waals surface area (Å²) in [6.45, 7) is 3.54. The second kappa shape index (κ2) is 8.99. The number of nitrogens with one attached hydrogen (secondary N) is 1. The Kier molecular flexibility index (Phi) is 6.71. The van der Waals surface area contributed by atoms with Gasteiger partial charge in [-0.05, 0) is 42.3 Å². The summed E-state index contributed by atoms with van der Waals surface area (Å²) < 4.78 is 16.1. The second-order valence-corrected chi connectivity index (χ2v) is 5.60. The van der Waals surface area contributed by atoms with Crippen LogP contribution in [0.3, 0.4) is 0 Å². The number of benzene rings is 2. The SMILES string of the molecule is C=CCc1ccc(OCC(=O)Nc2cc(Cl)ccc2OC)c(OC)c1. The van der Waals surface area contributed by atoms with Crippen molar-refractivity contribution in [3.63, 3.8) is 0 Å². The standard InChI is InChI=1S/C19H20ClNO4/c1-4-5-13-6-8-17(18(10-13)24-3)25-12-19(22)21-15-11-14(20)7-9-16(15)23-2/h4,6-11H,1,5,12H2,2-3H3,(H,21,22). The lowest BCUT2D eigenvalue weighted by atomic mass is 10.1. The van der Waals surface area contributed by atoms with E-state index in [1.54, 1.807) is 37.5 Å². The van der Waals surface area contributed by atoms with Crippen LogP contribution in [0, 0.1) is 0 Å². The van der Waals surface area contributed by atoms with Crippen molar-refractivity contribution in [3.8, 4) is 17.2 Å². The molecule has 0 saturated carbocycles. The number of allylic oxidation sites excluding steroid dienone is 1. The Bertz CT molecular complexity index is 761. The van der Waals surface area contributed by atoms with Crippen LogP contribution >= 0.6 is 11.6 Å². The molecule has 0 unspecified atom stereocenters. The second-order valence-electron chi connectivity index (χ2n) is 5.16. The molecule has 1 amide bonds. The summed E-state index contributed by atoms with van der Waals surface area (Å²) in [4.78, 5) is 12.1. The van der Waals surface area contributed by atoms with Crippen LogP contribution in [-0.2, 0) is 11.2 Å². The van der Waals surface area contributed by atoms with Crippen molar-refractivity contribution in [3.05, 3.63) is 59.6 Å². The fraction of sp³-hybridized carbons (Fsp3) is 0.211. The molecule has 0 fully saturated rings. The number of anilines is 1. The maximum absolute atomic E-state index is 12.1. The number of rotatable bonds is 8. The Morgan fingerprint density at radius 1 is 1.12 bits per heavy atom. The minimum Gasteiger partial charge on any atom is -0.495 e. The molecule has 1 N–H and O–H groups in total. The van der Waals surface area contributed by atoms with Crippen molar-refractivity contribution < 1.29 is 19.0 Å². The van der Waals surface area contributed by atoms with Gasteiger partial charge in [0.2, 0.25) is 0 Å². The van der Waals surface area contributed by atoms with Gasteiger partial charge in [0.25, 0.3) is 5.91 Å². The van der Waals surface area contributed by atoms with Gasteiger partial charge in [0.1, 0.15) is 5.75 Å². The molecule has 0 spiro atoms. The van der Waals surface area contributed by atoms with Crippen molar-refractivity contribution in [2.45, 2.75) is 6.42 Å². The molecule has 2 aromatic rings. The molecular weight excluding hydrogens is 342 g/mol. The number of hydrogen-bond donors (Lipinski definition) is 1. The first kappa shape index (κ1) is 18.7. The van der Waals surface area contributed by atoms with Crippen LogP contribution < -0.4 is 19.5 Å². The lowest BCUT2D eigenvalue weighted by Crippen LogP contribution is -2.20. The van der Waals surface area contributed by atoms with Crippen LogP contribution in [0.4, 0.5) is 5.69 Å². The third-order valence-electron chi connectivity index (χ3n) is 3.40. The quantitative estimate of drug-likeness (QED) is 0.719. The molecular formula is C19H20ClNO4. The van der Waals surface area contributed by atoms with E-state index < -0.39 is 0 Å². The normalized spacial score (nSPS) is 10.0. The molecule has 0 atom stereocenters. The van der Waals surface area contributed by atoms with Crippen molar-refractivity contribution >= 4 is 23.2 Å². The van der Waals surface area contributed by atoms with Crippen molar-refractivity contribution in [2.75, 3.05) is 26.1 Å². The molecule has 0 heterocycles. The van der Waals surface area contributed by atoms with Gasteiger partial charge in [0.15, 0.2) is 18.1 Å². The van der Waals surface area contributed by atoms with Gasteiger partial charge >= 0.3 is 0 Å². The molecule has 0 aliphatic rings. The summed E-state index contributed by atoms with van der Waals surface area (Å²) in [7, 11) is 3.07. The van der Waals surface area contributed by atoms with E-state index in [0.717, 1.165) is 12.0 Å². The molecule has 2 aromatic carbocycles. The number of carbonyl (C=O) groups excluding carboxylic acids is 1. The number of amides is 1. The van der Waals surface area contributed by atoms with Crippen LogP contribution in [0.25, 0.3) is 0 Å². The van der Waals surface area contributed by atoms with Crippen LogP contribution in [0.15, 0.2) is 49.1 Å². The number of hydrogen-bond acceptors (Lipinski definition) is 4. The van der Waals surface area contributed by atoms with E-state index in [1.807, 2.05) is 12.1 Å². The van der Waals surface area contributed by atoms with E-state index in [0.29, 0.717) is 28.0 Å². The summed E-state index contributed by atoms with van der Waals surface area (Å²) in [5.74, 6) is 1.23. The Morgan fingerprint density at radius 3 is 2.52 bits per heavy atom. The smallest absolute Gasteiger partial charge is 0.262 e. The summed E-state index contributed by atoms with van der Waals surface area (Å²) >= 11 is 5.95.